The Morgan fingerprint density at radius 2 is 2.04 bits per heavy atom. The van der Waals surface area contributed by atoms with E-state index in [-0.39, 0.29) is 12.1 Å². The molecule has 0 bridgehead atoms. The first-order valence-electron chi connectivity index (χ1n) is 8.87. The van der Waals surface area contributed by atoms with Crippen molar-refractivity contribution in [3.05, 3.63) is 36.1 Å². The molecule has 24 heavy (non-hydrogen) atoms. The lowest BCUT2D eigenvalue weighted by Gasteiger charge is -2.30. The number of hydrogen-bond donors (Lipinski definition) is 1. The van der Waals surface area contributed by atoms with Crippen LogP contribution in [0.4, 0.5) is 4.79 Å². The van der Waals surface area contributed by atoms with Gasteiger partial charge in [-0.1, -0.05) is 49.3 Å². The van der Waals surface area contributed by atoms with Gasteiger partial charge in [-0.25, -0.2) is 9.69 Å². The van der Waals surface area contributed by atoms with Crippen molar-refractivity contribution in [3.63, 3.8) is 0 Å². The van der Waals surface area contributed by atoms with Crippen LogP contribution in [-0.2, 0) is 0 Å². The molecule has 0 unspecified atom stereocenters. The third-order valence-corrected chi connectivity index (χ3v) is 5.15. The summed E-state index contributed by atoms with van der Waals surface area (Å²) >= 11 is 1.65. The maximum Gasteiger partial charge on any atom is 0.328 e. The Morgan fingerprint density at radius 1 is 1.29 bits per heavy atom. The lowest BCUT2D eigenvalue weighted by Crippen LogP contribution is -2.47. The summed E-state index contributed by atoms with van der Waals surface area (Å²) in [6.45, 7) is 8.65. The quantitative estimate of drug-likeness (QED) is 0.738. The van der Waals surface area contributed by atoms with Crippen LogP contribution < -0.4 is 5.32 Å². The number of amides is 2. The minimum absolute atomic E-state index is 0.0688. The number of nitrogens with one attached hydrogen (secondary N) is 1. The summed E-state index contributed by atoms with van der Waals surface area (Å²) in [6.07, 6.45) is 12.5. The zero-order valence-electron chi connectivity index (χ0n) is 14.9. The predicted molar refractivity (Wildman–Crippen MR) is 104 cm³/mol. The van der Waals surface area contributed by atoms with Gasteiger partial charge in [0.25, 0.3) is 0 Å². The molecular formula is C19H29N3OS. The van der Waals surface area contributed by atoms with Gasteiger partial charge in [0.1, 0.15) is 0 Å². The molecule has 1 fully saturated rings. The highest BCUT2D eigenvalue weighted by Gasteiger charge is 2.26. The Kier molecular flexibility index (Phi) is 7.63. The third-order valence-electron chi connectivity index (χ3n) is 4.09. The smallest absolute Gasteiger partial charge is 0.328 e. The van der Waals surface area contributed by atoms with Crippen LogP contribution >= 0.6 is 11.8 Å². The molecule has 2 aliphatic rings. The van der Waals surface area contributed by atoms with Crippen LogP contribution in [0.3, 0.4) is 0 Å². The lowest BCUT2D eigenvalue weighted by atomic mass is 9.96. The zero-order chi connectivity index (χ0) is 17.4. The van der Waals surface area contributed by atoms with Gasteiger partial charge >= 0.3 is 6.03 Å². The number of carbonyl (C=O) groups excluding carboxylic acids is 1. The number of carbonyl (C=O) groups is 1. The first-order valence-corrected chi connectivity index (χ1v) is 9.86. The fourth-order valence-electron chi connectivity index (χ4n) is 2.99. The van der Waals surface area contributed by atoms with Crippen LogP contribution in [0.15, 0.2) is 41.1 Å². The molecule has 0 radical (unpaired) electrons. The van der Waals surface area contributed by atoms with Crippen LogP contribution in [0, 0.1) is 0 Å². The van der Waals surface area contributed by atoms with E-state index in [4.69, 9.17) is 0 Å². The van der Waals surface area contributed by atoms with Gasteiger partial charge in [-0.15, -0.1) is 0 Å². The van der Waals surface area contributed by atoms with Crippen molar-refractivity contribution in [2.75, 3.05) is 12.3 Å². The first-order chi connectivity index (χ1) is 11.6. The highest BCUT2D eigenvalue weighted by atomic mass is 32.2. The van der Waals surface area contributed by atoms with Gasteiger partial charge in [0.2, 0.25) is 0 Å². The second-order valence-electron chi connectivity index (χ2n) is 6.54. The topological polar surface area (TPSA) is 44.7 Å². The number of hydrogen-bond acceptors (Lipinski definition) is 3. The van der Waals surface area contributed by atoms with Crippen LogP contribution in [0.2, 0.25) is 0 Å². The fourth-order valence-corrected chi connectivity index (χ4v) is 3.94. The van der Waals surface area contributed by atoms with Gasteiger partial charge in [0.15, 0.2) is 5.17 Å². The zero-order valence-corrected chi connectivity index (χ0v) is 15.7. The van der Waals surface area contributed by atoms with Crippen LogP contribution in [-0.4, -0.2) is 34.4 Å². The maximum atomic E-state index is 13.0. The number of thioether (sulfide) groups is 1. The van der Waals surface area contributed by atoms with Crippen molar-refractivity contribution in [2.24, 2.45) is 4.99 Å². The van der Waals surface area contributed by atoms with E-state index in [1.54, 1.807) is 22.7 Å². The van der Waals surface area contributed by atoms with Gasteiger partial charge in [-0.2, -0.15) is 0 Å². The van der Waals surface area contributed by atoms with Gasteiger partial charge in [0, 0.05) is 18.3 Å². The summed E-state index contributed by atoms with van der Waals surface area (Å²) in [4.78, 5) is 19.3. The minimum atomic E-state index is -0.0688. The molecule has 0 spiro atoms. The van der Waals surface area contributed by atoms with Gasteiger partial charge < -0.3 is 5.32 Å². The minimum Gasteiger partial charge on any atom is -0.335 e. The van der Waals surface area contributed by atoms with Gasteiger partial charge in [0.05, 0.1) is 5.70 Å². The molecule has 0 aromatic carbocycles. The van der Waals surface area contributed by atoms with Crippen molar-refractivity contribution in [1.82, 2.24) is 10.2 Å². The number of nitrogens with zero attached hydrogens (tertiary/aromatic N) is 2. The molecule has 1 aliphatic carbocycles. The number of urea groups is 1. The fraction of sp³-hybridized carbons (Fsp3) is 0.579. The van der Waals surface area contributed by atoms with E-state index in [0.29, 0.717) is 0 Å². The monoisotopic (exact) mass is 347 g/mol. The summed E-state index contributed by atoms with van der Waals surface area (Å²) in [5.74, 6) is 1.00. The average molecular weight is 348 g/mol. The van der Waals surface area contributed by atoms with Crippen molar-refractivity contribution in [1.29, 1.82) is 0 Å². The van der Waals surface area contributed by atoms with Crippen molar-refractivity contribution in [3.8, 4) is 0 Å². The highest BCUT2D eigenvalue weighted by molar-refractivity contribution is 8.13. The van der Waals surface area contributed by atoms with E-state index in [9.17, 15) is 4.79 Å². The SMILES string of the molecule is C=CC=C(C=C(C)C)N(C(=O)NC1CCCCC1)C1=NCCCS1. The summed E-state index contributed by atoms with van der Waals surface area (Å²) in [5, 5.41) is 4.01. The molecule has 132 valence electrons. The summed E-state index contributed by atoms with van der Waals surface area (Å²) < 4.78 is 0. The lowest BCUT2D eigenvalue weighted by molar-refractivity contribution is 0.220. The molecule has 1 N–H and O–H groups in total. The van der Waals surface area contributed by atoms with Crippen LogP contribution in [0.5, 0.6) is 0 Å². The number of amidine groups is 1. The molecule has 0 atom stereocenters. The highest BCUT2D eigenvalue weighted by Crippen LogP contribution is 2.23. The summed E-state index contributed by atoms with van der Waals surface area (Å²) in [5.41, 5.74) is 1.96. The number of rotatable bonds is 4. The van der Waals surface area contributed by atoms with Crippen molar-refractivity contribution < 1.29 is 4.79 Å². The van der Waals surface area contributed by atoms with Crippen LogP contribution in [0.25, 0.3) is 0 Å². The van der Waals surface area contributed by atoms with E-state index < -0.39 is 0 Å². The molecule has 0 aromatic heterocycles. The molecule has 0 aromatic rings. The Labute approximate surface area is 150 Å². The Balaban J connectivity index is 2.25. The summed E-state index contributed by atoms with van der Waals surface area (Å²) in [6, 6.07) is 0.209. The van der Waals surface area contributed by atoms with Crippen molar-refractivity contribution >= 4 is 23.0 Å². The second-order valence-corrected chi connectivity index (χ2v) is 7.60. The number of aliphatic imine (C=N–C) groups is 1. The molecule has 2 rings (SSSR count). The Hall–Kier alpha value is -1.49. The largest absolute Gasteiger partial charge is 0.335 e. The van der Waals surface area contributed by atoms with E-state index in [1.807, 2.05) is 26.0 Å². The standard InChI is InChI=1S/C19H29N3OS/c1-4-9-17(14-15(2)3)22(19-20-12-8-13-24-19)18(23)21-16-10-6-5-7-11-16/h4,9,14,16H,1,5-8,10-13H2,2-3H3,(H,21,23). The van der Waals surface area contributed by atoms with E-state index in [0.717, 1.165) is 48.0 Å². The van der Waals surface area contributed by atoms with E-state index >= 15 is 0 Å². The van der Waals surface area contributed by atoms with Crippen molar-refractivity contribution in [2.45, 2.75) is 58.4 Å². The maximum absolute atomic E-state index is 13.0. The molecule has 0 saturated heterocycles. The molecule has 1 heterocycles. The molecule has 4 nitrogen and oxygen atoms in total. The average Bonchev–Trinajstić information content (AvgIpc) is 2.56. The Bertz CT molecular complexity index is 541. The normalized spacial score (nSPS) is 19.2. The van der Waals surface area contributed by atoms with Gasteiger partial charge in [-0.3, -0.25) is 4.99 Å². The Morgan fingerprint density at radius 3 is 2.62 bits per heavy atom. The number of allylic oxidation sites excluding steroid dienone is 4. The van der Waals surface area contributed by atoms with Crippen LogP contribution in [0.1, 0.15) is 52.4 Å². The third kappa shape index (κ3) is 5.55. The summed E-state index contributed by atoms with van der Waals surface area (Å²) in [7, 11) is 0. The first kappa shape index (κ1) is 18.8. The van der Waals surface area contributed by atoms with E-state index in [2.05, 4.69) is 16.9 Å². The second kappa shape index (κ2) is 9.72. The molecule has 2 amide bonds. The molecule has 1 saturated carbocycles. The van der Waals surface area contributed by atoms with E-state index in [1.165, 1.54) is 19.3 Å². The molecular weight excluding hydrogens is 318 g/mol. The molecule has 1 aliphatic heterocycles. The molecule has 5 heteroatoms. The predicted octanol–water partition coefficient (Wildman–Crippen LogP) is 4.86. The van der Waals surface area contributed by atoms with Gasteiger partial charge in [-0.05, 0) is 45.3 Å².